The molecule has 1 aromatic heterocycles. The second-order valence-electron chi connectivity index (χ2n) is 36.7. The minimum absolute atomic E-state index is 0. The number of nitrogens with one attached hydrogen (secondary N) is 4. The third kappa shape index (κ3) is 35.9. The second kappa shape index (κ2) is 56.9. The van der Waals surface area contributed by atoms with E-state index in [-0.39, 0.29) is 131 Å². The lowest BCUT2D eigenvalue weighted by Gasteiger charge is -2.18. The molecule has 758 valence electrons. The van der Waals surface area contributed by atoms with Gasteiger partial charge in [0.1, 0.15) is 26.4 Å². The Bertz CT molecular complexity index is 6160. The van der Waals surface area contributed by atoms with E-state index in [4.69, 9.17) is 47.6 Å². The van der Waals surface area contributed by atoms with Crippen LogP contribution >= 0.6 is 0 Å². The molecule has 0 radical (unpaired) electrons. The number of ketones is 4. The van der Waals surface area contributed by atoms with E-state index in [1.165, 1.54) is 27.8 Å². The highest BCUT2D eigenvalue weighted by molar-refractivity contribution is 5.97. The molecule has 14 N–H and O–H groups in total. The van der Waals surface area contributed by atoms with Crippen LogP contribution in [0.25, 0.3) is 10.9 Å². The molecule has 0 saturated heterocycles. The lowest BCUT2D eigenvalue weighted by molar-refractivity contribution is -0.144. The average molecular weight is 1950 g/mol. The maximum absolute atomic E-state index is 13.4. The van der Waals surface area contributed by atoms with Crippen molar-refractivity contribution >= 4 is 58.3 Å². The second-order valence-corrected chi connectivity index (χ2v) is 36.7. The molecule has 0 spiro atoms. The van der Waals surface area contributed by atoms with E-state index in [9.17, 15) is 38.4 Å². The standard InChI is InChI=1S/C29H29N3O3.2C27H28N2O3.C18H19NO2.C17H17NO.6CH4/c30-25-16-24(25)21-12-10-19(11-13-21)14-28(33)27(15-22-17-31-26-9-5-4-8-23(22)26)32-29(34)35-18-20-6-2-1-3-7-20;2*28-24-17-23(24)22-13-11-20(12-14-22)16-26(30)25(15-19-7-3-1-4-8-19)29-27(31)32-18-21-9-5-2-6-10-21;19-17-11-16(17)15-8-6-13(7-9-15)10-18(20)21-12-14-4-2-1-3-5-14;18-16-11-15(16)13-8-6-12(7-9-13)10-17(19)14-4-2-1-3-5-14;;;;;;/h1-13,17,24-25,27,31H,14-16,18,30H2,(H,32,34);2*1-14,23-25H,15-18,28H2,(H,29,31);1-9,16-17H,10-12,19H2;1-9,15-16H,10-11,18H2;6*1H4. The van der Waals surface area contributed by atoms with Gasteiger partial charge in [0, 0.05) is 115 Å². The molecule has 5 aliphatic rings. The molecule has 3 amide bonds. The third-order valence-corrected chi connectivity index (χ3v) is 25.8. The number of nitrogens with two attached hydrogens (primary N) is 5. The molecular weight excluding hydrogens is 1810 g/mol. The van der Waals surface area contributed by atoms with Crippen molar-refractivity contribution in [1.82, 2.24) is 20.9 Å². The van der Waals surface area contributed by atoms with Gasteiger partial charge in [0.25, 0.3) is 0 Å². The number of fused-ring (bicyclic) bond motifs is 1. The van der Waals surface area contributed by atoms with Crippen LogP contribution in [0.15, 0.2) is 364 Å². The summed E-state index contributed by atoms with van der Waals surface area (Å²) in [4.78, 5) is 104. The molecule has 5 fully saturated rings. The number of aromatic amines is 1. The van der Waals surface area contributed by atoms with Crippen molar-refractivity contribution in [3.63, 3.8) is 0 Å². The van der Waals surface area contributed by atoms with Crippen LogP contribution in [0.2, 0.25) is 0 Å². The van der Waals surface area contributed by atoms with Gasteiger partial charge in [0.15, 0.2) is 23.1 Å². The van der Waals surface area contributed by atoms with Gasteiger partial charge in [0.05, 0.1) is 24.5 Å². The number of hydrogen-bond donors (Lipinski definition) is 9. The summed E-state index contributed by atoms with van der Waals surface area (Å²) in [6, 6.07) is 115. The third-order valence-electron chi connectivity index (χ3n) is 25.8. The molecule has 21 nitrogen and oxygen atoms in total. The van der Waals surface area contributed by atoms with Crippen LogP contribution in [0.3, 0.4) is 0 Å². The first kappa shape index (κ1) is 114. The summed E-state index contributed by atoms with van der Waals surface area (Å²) in [7, 11) is 0. The zero-order valence-electron chi connectivity index (χ0n) is 78.0. The van der Waals surface area contributed by atoms with Crippen LogP contribution in [-0.2, 0) is 116 Å². The lowest BCUT2D eigenvalue weighted by Crippen LogP contribution is -2.43. The number of benzene rings is 13. The lowest BCUT2D eigenvalue weighted by atomic mass is 9.96. The van der Waals surface area contributed by atoms with Gasteiger partial charge in [0.2, 0.25) is 0 Å². The normalized spacial score (nSPS) is 17.8. The summed E-state index contributed by atoms with van der Waals surface area (Å²) >= 11 is 0. The molecule has 19 rings (SSSR count). The van der Waals surface area contributed by atoms with Gasteiger partial charge in [-0.25, -0.2) is 14.4 Å². The van der Waals surface area contributed by atoms with E-state index in [1.807, 2.05) is 328 Å². The Balaban J connectivity index is 0.000000203. The average Bonchev–Trinajstić information content (AvgIpc) is 1.67. The van der Waals surface area contributed by atoms with Crippen molar-refractivity contribution in [2.75, 3.05) is 0 Å². The van der Waals surface area contributed by atoms with Crippen molar-refractivity contribution in [2.45, 2.75) is 232 Å². The van der Waals surface area contributed by atoms with Gasteiger partial charge in [-0.3, -0.25) is 24.0 Å². The number of para-hydroxylation sites is 1. The van der Waals surface area contributed by atoms with Gasteiger partial charge >= 0.3 is 24.2 Å². The Hall–Kier alpha value is -14.8. The van der Waals surface area contributed by atoms with Crippen molar-refractivity contribution in [1.29, 1.82) is 0 Å². The fourth-order valence-electron chi connectivity index (χ4n) is 16.9. The molecule has 13 aromatic carbocycles. The Morgan fingerprint density at radius 2 is 0.497 bits per heavy atom. The molecule has 21 heteroatoms. The summed E-state index contributed by atoms with van der Waals surface area (Å²) in [6.45, 7) is 0.785. The molecule has 5 saturated carbocycles. The molecule has 145 heavy (non-hydrogen) atoms. The minimum atomic E-state index is -0.714. The number of hydrogen-bond acceptors (Lipinski definition) is 17. The van der Waals surface area contributed by atoms with Gasteiger partial charge < -0.3 is 68.6 Å². The number of H-pyrrole nitrogens is 1. The number of amides is 3. The van der Waals surface area contributed by atoms with E-state index in [1.54, 1.807) is 0 Å². The zero-order chi connectivity index (χ0) is 96.8. The summed E-state index contributed by atoms with van der Waals surface area (Å²) < 4.78 is 21.4. The van der Waals surface area contributed by atoms with Gasteiger partial charge in [-0.15, -0.1) is 0 Å². The Morgan fingerprint density at radius 1 is 0.262 bits per heavy atom. The maximum atomic E-state index is 13.4. The van der Waals surface area contributed by atoms with Crippen LogP contribution in [-0.4, -0.2) is 101 Å². The van der Waals surface area contributed by atoms with Crippen molar-refractivity contribution < 1.29 is 57.3 Å². The quantitative estimate of drug-likeness (QED) is 0.0100. The Kier molecular flexibility index (Phi) is 44.6. The summed E-state index contributed by atoms with van der Waals surface area (Å²) in [5, 5.41) is 9.40. The van der Waals surface area contributed by atoms with Crippen molar-refractivity contribution in [3.8, 4) is 0 Å². The minimum Gasteiger partial charge on any atom is -0.461 e. The highest BCUT2D eigenvalue weighted by Crippen LogP contribution is 2.43. The van der Waals surface area contributed by atoms with Crippen LogP contribution in [0.1, 0.15) is 211 Å². The zero-order valence-corrected chi connectivity index (χ0v) is 78.0. The van der Waals surface area contributed by atoms with E-state index >= 15 is 0 Å². The van der Waals surface area contributed by atoms with Crippen LogP contribution in [0, 0.1) is 0 Å². The van der Waals surface area contributed by atoms with Crippen molar-refractivity contribution in [3.05, 3.63) is 464 Å². The number of esters is 1. The predicted molar refractivity (Wildman–Crippen MR) is 583 cm³/mol. The smallest absolute Gasteiger partial charge is 0.408 e. The topological polar surface area (TPSA) is 355 Å². The fraction of sp³-hybridized carbons (Fsp3) is 0.290. The van der Waals surface area contributed by atoms with E-state index in [0.717, 1.165) is 115 Å². The van der Waals surface area contributed by atoms with E-state index < -0.39 is 36.4 Å². The van der Waals surface area contributed by atoms with Gasteiger partial charge in [-0.2, -0.15) is 0 Å². The van der Waals surface area contributed by atoms with Crippen molar-refractivity contribution in [2.24, 2.45) is 28.7 Å². The molecule has 13 atom stereocenters. The first-order valence-electron chi connectivity index (χ1n) is 47.8. The largest absolute Gasteiger partial charge is 0.461 e. The van der Waals surface area contributed by atoms with E-state index in [0.29, 0.717) is 80.4 Å². The summed E-state index contributed by atoms with van der Waals surface area (Å²) in [5.41, 5.74) is 48.9. The number of rotatable bonds is 36. The van der Waals surface area contributed by atoms with Gasteiger partial charge in [-0.1, -0.05) is 396 Å². The molecule has 0 bridgehead atoms. The number of Topliss-reactive ketones (excluding diaryl/α,β-unsaturated/α-hetero) is 4. The van der Waals surface area contributed by atoms with Crippen LogP contribution < -0.4 is 44.6 Å². The Labute approximate surface area is 856 Å². The van der Waals surface area contributed by atoms with Crippen LogP contribution in [0.5, 0.6) is 0 Å². The molecular formula is C124H145N9O12. The molecule has 5 aliphatic carbocycles. The Morgan fingerprint density at radius 3 is 0.779 bits per heavy atom. The maximum Gasteiger partial charge on any atom is 0.408 e. The summed E-state index contributed by atoms with van der Waals surface area (Å²) in [5.74, 6) is 2.12. The number of aromatic nitrogens is 1. The molecule has 1 heterocycles. The molecule has 0 aliphatic heterocycles. The number of ether oxygens (including phenoxy) is 4. The number of carbonyl (C=O) groups excluding carboxylic acids is 8. The number of carbonyl (C=O) groups is 8. The first-order valence-corrected chi connectivity index (χ1v) is 47.8. The molecule has 13 unspecified atom stereocenters. The molecule has 14 aromatic rings. The highest BCUT2D eigenvalue weighted by atomic mass is 16.6. The highest BCUT2D eigenvalue weighted by Gasteiger charge is 2.39. The fourth-order valence-corrected chi connectivity index (χ4v) is 16.9. The van der Waals surface area contributed by atoms with E-state index in [2.05, 4.69) is 57.3 Å². The van der Waals surface area contributed by atoms with Crippen LogP contribution in [0.4, 0.5) is 14.4 Å². The number of alkyl carbamates (subject to hydrolysis) is 3. The predicted octanol–water partition coefficient (Wildman–Crippen LogP) is 22.5. The first-order chi connectivity index (χ1) is 67.7. The summed E-state index contributed by atoms with van der Waals surface area (Å²) in [6.07, 6.45) is 7.99. The van der Waals surface area contributed by atoms with Gasteiger partial charge in [-0.05, 0) is 146 Å². The monoisotopic (exact) mass is 1950 g/mol. The SMILES string of the molecule is C.C.C.C.C.C.NC1CC1c1ccc(CC(=O)C(Cc2c[nH]c3ccccc23)NC(=O)OCc2ccccc2)cc1.NC1CC1c1ccc(CC(=O)C(Cc2ccccc2)NC(=O)OCc2ccccc2)cc1.NC1CC1c1ccc(CC(=O)C(Cc2ccccc2)NC(=O)OCc2ccccc2)cc1.NC1CC1c1ccc(CC(=O)OCc2ccccc2)cc1.NC1CC1c1ccc(CC(=O)c2ccccc2)cc1.